The fourth-order valence-corrected chi connectivity index (χ4v) is 4.43. The molecule has 1 aromatic heterocycles. The molecule has 0 saturated carbocycles. The van der Waals surface area contributed by atoms with Crippen LogP contribution < -0.4 is 5.32 Å². The van der Waals surface area contributed by atoms with Gasteiger partial charge in [-0.15, -0.1) is 0 Å². The number of allylic oxidation sites excluding steroid dienone is 1. The molecule has 2 unspecified atom stereocenters. The standard InChI is InChI=1S/C30H32N4O/c1-6-16-31-23(5)33-30(35)22(4)29(24-9-7-8-21(3)17-24)25-12-15-28-26(18-25)19-32-34(28)27-13-10-20(2)11-14-27/h6-19,22,29H,1-5H3,(H,31,33,35)/b16-6-. The summed E-state index contributed by atoms with van der Waals surface area (Å²) in [4.78, 5) is 17.5. The van der Waals surface area contributed by atoms with E-state index in [2.05, 4.69) is 96.0 Å². The molecule has 0 aliphatic carbocycles. The number of amides is 1. The van der Waals surface area contributed by atoms with Gasteiger partial charge in [-0.3, -0.25) is 4.79 Å². The van der Waals surface area contributed by atoms with E-state index in [1.165, 1.54) is 11.1 Å². The number of rotatable bonds is 6. The maximum absolute atomic E-state index is 13.2. The van der Waals surface area contributed by atoms with E-state index in [0.717, 1.165) is 27.7 Å². The van der Waals surface area contributed by atoms with Gasteiger partial charge in [-0.2, -0.15) is 5.10 Å². The first-order valence-corrected chi connectivity index (χ1v) is 11.9. The summed E-state index contributed by atoms with van der Waals surface area (Å²) in [6.07, 6.45) is 5.41. The van der Waals surface area contributed by atoms with Gasteiger partial charge in [-0.1, -0.05) is 66.6 Å². The highest BCUT2D eigenvalue weighted by atomic mass is 16.1. The van der Waals surface area contributed by atoms with Gasteiger partial charge < -0.3 is 5.32 Å². The molecule has 35 heavy (non-hydrogen) atoms. The van der Waals surface area contributed by atoms with Crippen LogP contribution in [-0.4, -0.2) is 21.5 Å². The van der Waals surface area contributed by atoms with E-state index in [1.54, 1.807) is 13.1 Å². The minimum atomic E-state index is -0.308. The minimum absolute atomic E-state index is 0.0577. The highest BCUT2D eigenvalue weighted by Gasteiger charge is 2.28. The fourth-order valence-electron chi connectivity index (χ4n) is 4.43. The second kappa shape index (κ2) is 10.5. The summed E-state index contributed by atoms with van der Waals surface area (Å²) in [7, 11) is 0. The van der Waals surface area contributed by atoms with Crippen molar-refractivity contribution < 1.29 is 4.79 Å². The van der Waals surface area contributed by atoms with Crippen molar-refractivity contribution in [3.05, 3.63) is 107 Å². The predicted molar refractivity (Wildman–Crippen MR) is 144 cm³/mol. The quantitative estimate of drug-likeness (QED) is 0.262. The molecule has 0 radical (unpaired) electrons. The molecule has 1 heterocycles. The molecule has 2 atom stereocenters. The van der Waals surface area contributed by atoms with Crippen molar-refractivity contribution in [2.24, 2.45) is 10.9 Å². The molecule has 4 aromatic rings. The summed E-state index contributed by atoms with van der Waals surface area (Å²) in [5.74, 6) is 0.101. The third kappa shape index (κ3) is 5.40. The van der Waals surface area contributed by atoms with Gasteiger partial charge in [0.1, 0.15) is 5.84 Å². The molecule has 0 aliphatic rings. The van der Waals surface area contributed by atoms with Crippen LogP contribution in [0, 0.1) is 19.8 Å². The molecule has 0 aliphatic heterocycles. The zero-order valence-electron chi connectivity index (χ0n) is 21.0. The summed E-state index contributed by atoms with van der Waals surface area (Å²) in [5.41, 5.74) is 6.63. The van der Waals surface area contributed by atoms with E-state index >= 15 is 0 Å². The Hall–Kier alpha value is -3.99. The fraction of sp³-hybridized carbons (Fsp3) is 0.233. The van der Waals surface area contributed by atoms with Crippen LogP contribution in [-0.2, 0) is 4.79 Å². The monoisotopic (exact) mass is 464 g/mol. The van der Waals surface area contributed by atoms with E-state index in [-0.39, 0.29) is 17.7 Å². The Morgan fingerprint density at radius 3 is 2.46 bits per heavy atom. The zero-order chi connectivity index (χ0) is 24.9. The first kappa shape index (κ1) is 24.1. The Bertz CT molecular complexity index is 1400. The third-order valence-corrected chi connectivity index (χ3v) is 6.27. The maximum atomic E-state index is 13.2. The lowest BCUT2D eigenvalue weighted by Crippen LogP contribution is -2.36. The van der Waals surface area contributed by atoms with E-state index < -0.39 is 0 Å². The van der Waals surface area contributed by atoms with Crippen molar-refractivity contribution >= 4 is 22.6 Å². The predicted octanol–water partition coefficient (Wildman–Crippen LogP) is 6.48. The van der Waals surface area contributed by atoms with Crippen LogP contribution in [0.15, 0.2) is 90.2 Å². The Morgan fingerprint density at radius 2 is 1.74 bits per heavy atom. The molecule has 5 nitrogen and oxygen atoms in total. The summed E-state index contributed by atoms with van der Waals surface area (Å²) < 4.78 is 1.96. The number of nitrogens with zero attached hydrogens (tertiary/aromatic N) is 3. The Labute approximate surface area is 207 Å². The first-order valence-electron chi connectivity index (χ1n) is 11.9. The number of hydrogen-bond donors (Lipinski definition) is 1. The Balaban J connectivity index is 1.73. The lowest BCUT2D eigenvalue weighted by atomic mass is 9.80. The second-order valence-corrected chi connectivity index (χ2v) is 9.08. The molecule has 0 fully saturated rings. The Kier molecular flexibility index (Phi) is 7.25. The number of amidine groups is 1. The van der Waals surface area contributed by atoms with Crippen LogP contribution in [0.4, 0.5) is 0 Å². The van der Waals surface area contributed by atoms with Crippen LogP contribution in [0.1, 0.15) is 48.9 Å². The molecule has 0 spiro atoms. The van der Waals surface area contributed by atoms with E-state index in [9.17, 15) is 4.79 Å². The van der Waals surface area contributed by atoms with Gasteiger partial charge in [0.15, 0.2) is 0 Å². The summed E-state index contributed by atoms with van der Waals surface area (Å²) in [6, 6.07) is 23.1. The first-order chi connectivity index (χ1) is 16.9. The van der Waals surface area contributed by atoms with E-state index in [4.69, 9.17) is 0 Å². The largest absolute Gasteiger partial charge is 0.314 e. The van der Waals surface area contributed by atoms with E-state index in [1.807, 2.05) is 30.8 Å². The number of benzene rings is 3. The molecule has 178 valence electrons. The zero-order valence-corrected chi connectivity index (χ0v) is 21.0. The van der Waals surface area contributed by atoms with Crippen molar-refractivity contribution in [2.75, 3.05) is 0 Å². The van der Waals surface area contributed by atoms with Gasteiger partial charge in [-0.05, 0) is 63.1 Å². The maximum Gasteiger partial charge on any atom is 0.229 e. The molecule has 5 heteroatoms. The minimum Gasteiger partial charge on any atom is -0.314 e. The summed E-state index contributed by atoms with van der Waals surface area (Å²) in [5, 5.41) is 8.65. The molecular weight excluding hydrogens is 432 g/mol. The molecule has 0 bridgehead atoms. The second-order valence-electron chi connectivity index (χ2n) is 9.08. The van der Waals surface area contributed by atoms with Gasteiger partial charge >= 0.3 is 0 Å². The van der Waals surface area contributed by atoms with Gasteiger partial charge in [0.05, 0.1) is 17.4 Å². The van der Waals surface area contributed by atoms with Crippen LogP contribution in [0.3, 0.4) is 0 Å². The number of aryl methyl sites for hydroxylation is 2. The molecular formula is C30H32N4O. The van der Waals surface area contributed by atoms with Gasteiger partial charge in [0, 0.05) is 23.4 Å². The summed E-state index contributed by atoms with van der Waals surface area (Å²) in [6.45, 7) is 9.83. The van der Waals surface area contributed by atoms with Crippen molar-refractivity contribution in [3.63, 3.8) is 0 Å². The topological polar surface area (TPSA) is 59.3 Å². The molecule has 3 aromatic carbocycles. The van der Waals surface area contributed by atoms with Gasteiger partial charge in [-0.25, -0.2) is 9.67 Å². The molecule has 1 N–H and O–H groups in total. The highest BCUT2D eigenvalue weighted by molar-refractivity contribution is 5.98. The number of carbonyl (C=O) groups is 1. The molecule has 1 amide bonds. The van der Waals surface area contributed by atoms with Crippen LogP contribution in [0.25, 0.3) is 16.6 Å². The van der Waals surface area contributed by atoms with Crippen molar-refractivity contribution in [1.82, 2.24) is 15.1 Å². The van der Waals surface area contributed by atoms with Crippen LogP contribution in [0.5, 0.6) is 0 Å². The smallest absolute Gasteiger partial charge is 0.229 e. The lowest BCUT2D eigenvalue weighted by Gasteiger charge is -2.25. The summed E-state index contributed by atoms with van der Waals surface area (Å²) >= 11 is 0. The third-order valence-electron chi connectivity index (χ3n) is 6.27. The number of nitrogens with one attached hydrogen (secondary N) is 1. The highest BCUT2D eigenvalue weighted by Crippen LogP contribution is 2.35. The SMILES string of the molecule is C/C=C\N=C(C)NC(=O)C(C)C(c1cccc(C)c1)c1ccc2c(cnn2-c2ccc(C)cc2)c1. The normalized spacial score (nSPS) is 13.8. The van der Waals surface area contributed by atoms with Crippen molar-refractivity contribution in [3.8, 4) is 5.69 Å². The molecule has 4 rings (SSSR count). The number of aliphatic imine (C=N–C) groups is 1. The van der Waals surface area contributed by atoms with Crippen LogP contribution in [0.2, 0.25) is 0 Å². The van der Waals surface area contributed by atoms with Gasteiger partial charge in [0.25, 0.3) is 0 Å². The number of carbonyl (C=O) groups excluding carboxylic acids is 1. The number of hydrogen-bond acceptors (Lipinski definition) is 3. The lowest BCUT2D eigenvalue weighted by molar-refractivity contribution is -0.123. The van der Waals surface area contributed by atoms with E-state index in [0.29, 0.717) is 5.84 Å². The Morgan fingerprint density at radius 1 is 1.00 bits per heavy atom. The van der Waals surface area contributed by atoms with Crippen molar-refractivity contribution in [1.29, 1.82) is 0 Å². The number of aromatic nitrogens is 2. The number of fused-ring (bicyclic) bond motifs is 1. The average molecular weight is 465 g/mol. The van der Waals surface area contributed by atoms with Crippen LogP contribution >= 0.6 is 0 Å². The average Bonchev–Trinajstić information content (AvgIpc) is 3.27. The van der Waals surface area contributed by atoms with Gasteiger partial charge in [0.2, 0.25) is 5.91 Å². The molecule has 0 saturated heterocycles. The van der Waals surface area contributed by atoms with Crippen molar-refractivity contribution in [2.45, 2.75) is 40.5 Å².